The molecule has 192 valence electrons. The van der Waals surface area contributed by atoms with Crippen molar-refractivity contribution in [1.82, 2.24) is 15.0 Å². The van der Waals surface area contributed by atoms with Crippen molar-refractivity contribution in [3.63, 3.8) is 0 Å². The van der Waals surface area contributed by atoms with Crippen molar-refractivity contribution < 1.29 is 46.7 Å². The normalized spacial score (nSPS) is 12.9. The van der Waals surface area contributed by atoms with Crippen molar-refractivity contribution in [2.24, 2.45) is 0 Å². The molecule has 0 atom stereocenters. The van der Waals surface area contributed by atoms with Crippen LogP contribution in [0, 0.1) is 0 Å². The number of carbonyl (C=O) groups excluding carboxylic acids is 4. The molecule has 3 amide bonds. The van der Waals surface area contributed by atoms with E-state index in [1.165, 1.54) is 62.5 Å². The maximum absolute atomic E-state index is 13.1. The lowest BCUT2D eigenvalue weighted by molar-refractivity contribution is -1.04. The summed E-state index contributed by atoms with van der Waals surface area (Å²) in [5, 5.41) is 3.06. The van der Waals surface area contributed by atoms with E-state index in [9.17, 15) is 27.6 Å². The number of hydrogen-bond acceptors (Lipinski definition) is 10. The molecule has 0 unspecified atom stereocenters. The number of imide groups is 1. The monoisotopic (exact) mass is 529 g/mol. The van der Waals surface area contributed by atoms with E-state index in [1.807, 2.05) is 0 Å². The fourth-order valence-corrected chi connectivity index (χ4v) is 5.04. The van der Waals surface area contributed by atoms with Crippen molar-refractivity contribution in [3.8, 4) is 5.88 Å². The topological polar surface area (TPSA) is 157 Å². The molecule has 0 bridgehead atoms. The maximum atomic E-state index is 13.1. The predicted octanol–water partition coefficient (Wildman–Crippen LogP) is 0.0426. The molecule has 0 fully saturated rings. The van der Waals surface area contributed by atoms with Gasteiger partial charge >= 0.3 is 10.9 Å². The Labute approximate surface area is 210 Å². The Morgan fingerprint density at radius 1 is 1.14 bits per heavy atom. The molecule has 2 aromatic carbocycles. The molecule has 0 aliphatic carbocycles. The summed E-state index contributed by atoms with van der Waals surface area (Å²) in [6.07, 6.45) is 0.435. The van der Waals surface area contributed by atoms with E-state index in [0.717, 1.165) is 4.90 Å². The van der Waals surface area contributed by atoms with Crippen LogP contribution in [-0.4, -0.2) is 81.7 Å². The summed E-state index contributed by atoms with van der Waals surface area (Å²) in [5.74, 6) is -2.33. The highest BCUT2D eigenvalue weighted by Crippen LogP contribution is 2.28. The number of aromatic nitrogens is 2. The molecule has 1 aliphatic rings. The molecule has 0 saturated heterocycles. The summed E-state index contributed by atoms with van der Waals surface area (Å²) in [4.78, 5) is 57.3. The second-order valence-corrected chi connectivity index (χ2v) is 9.82. The van der Waals surface area contributed by atoms with Gasteiger partial charge in [-0.25, -0.2) is 8.42 Å². The SMILES string of the molecule is CO[n+]1onc(OCCN2C(=O)c3cc(C=O)c(C(=O)N(C)C)cc3C2=O)c1S(=O)(=O)c1ccccc1. The van der Waals surface area contributed by atoms with Crippen molar-refractivity contribution in [2.75, 3.05) is 34.4 Å². The number of nitrogens with zero attached hydrogens (tertiary/aromatic N) is 4. The predicted molar refractivity (Wildman–Crippen MR) is 122 cm³/mol. The molecule has 4 rings (SSSR count). The average Bonchev–Trinajstić information content (AvgIpc) is 3.42. The lowest BCUT2D eigenvalue weighted by Crippen LogP contribution is -2.43. The van der Waals surface area contributed by atoms with E-state index in [1.54, 1.807) is 6.07 Å². The first-order valence-corrected chi connectivity index (χ1v) is 12.2. The highest BCUT2D eigenvalue weighted by molar-refractivity contribution is 7.91. The summed E-state index contributed by atoms with van der Waals surface area (Å²) in [6, 6.07) is 9.87. The number of benzene rings is 2. The highest BCUT2D eigenvalue weighted by Gasteiger charge is 2.42. The molecule has 2 heterocycles. The first kappa shape index (κ1) is 25.5. The Balaban J connectivity index is 1.56. The minimum atomic E-state index is -4.17. The van der Waals surface area contributed by atoms with Crippen molar-refractivity contribution in [2.45, 2.75) is 9.92 Å². The number of amides is 3. The smallest absolute Gasteiger partial charge is 0.445 e. The Hall–Kier alpha value is -4.59. The van der Waals surface area contributed by atoms with Gasteiger partial charge in [0, 0.05) is 19.7 Å². The summed E-state index contributed by atoms with van der Waals surface area (Å²) >= 11 is 0. The van der Waals surface area contributed by atoms with Gasteiger partial charge < -0.3 is 14.5 Å². The van der Waals surface area contributed by atoms with E-state index in [4.69, 9.17) is 14.2 Å². The number of hydrogen-bond donors (Lipinski definition) is 0. The lowest BCUT2D eigenvalue weighted by atomic mass is 9.99. The van der Waals surface area contributed by atoms with E-state index in [2.05, 4.69) is 5.16 Å². The van der Waals surface area contributed by atoms with E-state index < -0.39 is 38.5 Å². The summed E-state index contributed by atoms with van der Waals surface area (Å²) in [6.45, 7) is -0.632. The van der Waals surface area contributed by atoms with Gasteiger partial charge in [-0.1, -0.05) is 18.2 Å². The summed E-state index contributed by atoms with van der Waals surface area (Å²) < 4.78 is 36.6. The van der Waals surface area contributed by atoms with Crippen LogP contribution in [0.1, 0.15) is 41.4 Å². The zero-order valence-corrected chi connectivity index (χ0v) is 20.7. The molecule has 37 heavy (non-hydrogen) atoms. The molecule has 0 radical (unpaired) electrons. The van der Waals surface area contributed by atoms with Crippen LogP contribution in [0.2, 0.25) is 0 Å². The van der Waals surface area contributed by atoms with Crippen LogP contribution in [-0.2, 0) is 9.84 Å². The van der Waals surface area contributed by atoms with Crippen LogP contribution in [0.5, 0.6) is 5.88 Å². The second-order valence-electron chi connectivity index (χ2n) is 7.95. The second kappa shape index (κ2) is 9.81. The van der Waals surface area contributed by atoms with Gasteiger partial charge in [0.15, 0.2) is 11.2 Å². The number of rotatable bonds is 9. The first-order valence-electron chi connectivity index (χ1n) is 10.7. The fraction of sp³-hybridized carbons (Fsp3) is 0.217. The van der Waals surface area contributed by atoms with Gasteiger partial charge in [0.1, 0.15) is 13.7 Å². The molecule has 0 saturated carbocycles. The zero-order valence-electron chi connectivity index (χ0n) is 19.9. The van der Waals surface area contributed by atoms with Crippen LogP contribution < -0.4 is 14.5 Å². The van der Waals surface area contributed by atoms with Gasteiger partial charge in [0.05, 0.1) is 28.1 Å². The average molecular weight is 530 g/mol. The molecular formula is C23H21N4O9S+. The van der Waals surface area contributed by atoms with Crippen LogP contribution in [0.25, 0.3) is 0 Å². The molecule has 3 aromatic rings. The van der Waals surface area contributed by atoms with Gasteiger partial charge in [-0.05, 0) is 28.9 Å². The maximum Gasteiger partial charge on any atom is 0.445 e. The number of sulfone groups is 1. The standard InChI is InChI=1S/C23H21N4O9S/c1-25(2)20(29)16-12-18-17(11-14(16)13-28)21(30)26(22(18)31)9-10-35-19-23(27(34-3)36-24-19)37(32,33)15-7-5-4-6-8-15/h4-8,11-13H,9-10H2,1-3H3/q+1. The molecule has 1 aliphatic heterocycles. The Kier molecular flexibility index (Phi) is 6.76. The van der Waals surface area contributed by atoms with Crippen LogP contribution in [0.15, 0.2) is 57.0 Å². The quantitative estimate of drug-likeness (QED) is 0.274. The lowest BCUT2D eigenvalue weighted by Gasteiger charge is -2.13. The molecule has 1 aromatic heterocycles. The summed E-state index contributed by atoms with van der Waals surface area (Å²) in [7, 11) is -0.0233. The van der Waals surface area contributed by atoms with Crippen LogP contribution >= 0.6 is 0 Å². The molecule has 0 N–H and O–H groups in total. The Morgan fingerprint density at radius 3 is 2.38 bits per heavy atom. The highest BCUT2D eigenvalue weighted by atomic mass is 32.2. The number of aldehydes is 1. The van der Waals surface area contributed by atoms with Gasteiger partial charge in [0.25, 0.3) is 27.6 Å². The van der Waals surface area contributed by atoms with E-state index >= 15 is 0 Å². The first-order chi connectivity index (χ1) is 17.6. The van der Waals surface area contributed by atoms with E-state index in [0.29, 0.717) is 11.2 Å². The van der Waals surface area contributed by atoms with Crippen LogP contribution in [0.4, 0.5) is 0 Å². The third kappa shape index (κ3) is 4.42. The number of carbonyl (C=O) groups is 4. The third-order valence-electron chi connectivity index (χ3n) is 5.48. The van der Waals surface area contributed by atoms with Gasteiger partial charge in [0.2, 0.25) is 5.16 Å². The number of ether oxygens (including phenoxy) is 1. The van der Waals surface area contributed by atoms with Gasteiger partial charge in [-0.3, -0.25) is 24.1 Å². The third-order valence-corrected chi connectivity index (χ3v) is 7.20. The fourth-order valence-electron chi connectivity index (χ4n) is 3.67. The zero-order chi connectivity index (χ0) is 26.9. The Bertz CT molecular complexity index is 1510. The number of fused-ring (bicyclic) bond motifs is 1. The minimum absolute atomic E-state index is 0.0134. The van der Waals surface area contributed by atoms with Crippen LogP contribution in [0.3, 0.4) is 0 Å². The largest absolute Gasteiger partial charge is 0.451 e. The molecular weight excluding hydrogens is 508 g/mol. The van der Waals surface area contributed by atoms with Gasteiger partial charge in [-0.2, -0.15) is 0 Å². The van der Waals surface area contributed by atoms with Crippen molar-refractivity contribution >= 4 is 33.8 Å². The van der Waals surface area contributed by atoms with E-state index in [-0.39, 0.29) is 40.3 Å². The molecule has 13 nitrogen and oxygen atoms in total. The van der Waals surface area contributed by atoms with Crippen molar-refractivity contribution in [3.05, 3.63) is 64.7 Å². The molecule has 0 spiro atoms. The minimum Gasteiger partial charge on any atom is -0.451 e. The Morgan fingerprint density at radius 2 is 1.78 bits per heavy atom. The van der Waals surface area contributed by atoms with Crippen molar-refractivity contribution in [1.29, 1.82) is 0 Å². The molecule has 14 heteroatoms. The summed E-state index contributed by atoms with van der Waals surface area (Å²) in [5.41, 5.74) is -0.111. The van der Waals surface area contributed by atoms with Gasteiger partial charge in [-0.15, -0.1) is 0 Å².